The van der Waals surface area contributed by atoms with Crippen LogP contribution in [0.4, 0.5) is 5.69 Å². The van der Waals surface area contributed by atoms with Crippen LogP contribution in [0, 0.1) is 6.92 Å². The Bertz CT molecular complexity index is 575. The van der Waals surface area contributed by atoms with E-state index < -0.39 is 0 Å². The Hall–Kier alpha value is -1.88. The van der Waals surface area contributed by atoms with Crippen LogP contribution in [0.25, 0.3) is 0 Å². The summed E-state index contributed by atoms with van der Waals surface area (Å²) < 4.78 is 2.13. The van der Waals surface area contributed by atoms with Crippen molar-refractivity contribution >= 4 is 5.69 Å². The third-order valence-electron chi connectivity index (χ3n) is 3.62. The van der Waals surface area contributed by atoms with E-state index in [-0.39, 0.29) is 0 Å². The molecule has 3 rings (SSSR count). The maximum atomic E-state index is 4.17. The predicted octanol–water partition coefficient (Wildman–Crippen LogP) is 1.33. The van der Waals surface area contributed by atoms with Crippen LogP contribution in [0.1, 0.15) is 17.0 Å². The molecule has 5 nitrogen and oxygen atoms in total. The summed E-state index contributed by atoms with van der Waals surface area (Å²) in [5.41, 5.74) is 3.94. The van der Waals surface area contributed by atoms with E-state index in [4.69, 9.17) is 0 Å². The van der Waals surface area contributed by atoms with Gasteiger partial charge >= 0.3 is 0 Å². The van der Waals surface area contributed by atoms with Crippen LogP contribution < -0.4 is 10.2 Å². The van der Waals surface area contributed by atoms with E-state index in [0.717, 1.165) is 32.0 Å². The first-order valence-electron chi connectivity index (χ1n) is 6.63. The van der Waals surface area contributed by atoms with Crippen molar-refractivity contribution in [1.29, 1.82) is 0 Å². The van der Waals surface area contributed by atoms with Gasteiger partial charge in [0, 0.05) is 25.3 Å². The molecule has 1 aromatic carbocycles. The SMILES string of the molecule is CNCc1ccc(N2CCn3cnnc3C2)c(C)c1. The molecule has 19 heavy (non-hydrogen) atoms. The number of anilines is 1. The van der Waals surface area contributed by atoms with Gasteiger partial charge in [-0.3, -0.25) is 0 Å². The molecule has 0 atom stereocenters. The van der Waals surface area contributed by atoms with E-state index in [9.17, 15) is 0 Å². The summed E-state index contributed by atoms with van der Waals surface area (Å²) in [6.45, 7) is 5.90. The number of aromatic nitrogens is 3. The molecule has 1 aliphatic rings. The standard InChI is InChI=1S/C14H19N5/c1-11-7-12(8-15-2)3-4-13(11)18-5-6-19-10-16-17-14(19)9-18/h3-4,7,10,15H,5-6,8-9H2,1-2H3. The summed E-state index contributed by atoms with van der Waals surface area (Å²) in [7, 11) is 1.97. The van der Waals surface area contributed by atoms with Crippen LogP contribution in [-0.2, 0) is 19.6 Å². The van der Waals surface area contributed by atoms with Crippen molar-refractivity contribution in [2.75, 3.05) is 18.5 Å². The maximum Gasteiger partial charge on any atom is 0.152 e. The van der Waals surface area contributed by atoms with Gasteiger partial charge in [0.05, 0.1) is 6.54 Å². The van der Waals surface area contributed by atoms with Gasteiger partial charge in [0.15, 0.2) is 5.82 Å². The highest BCUT2D eigenvalue weighted by Crippen LogP contribution is 2.24. The number of rotatable bonds is 3. The quantitative estimate of drug-likeness (QED) is 0.901. The summed E-state index contributed by atoms with van der Waals surface area (Å²) in [4.78, 5) is 2.38. The second-order valence-corrected chi connectivity index (χ2v) is 5.01. The molecule has 2 heterocycles. The third kappa shape index (κ3) is 2.33. The Morgan fingerprint density at radius 1 is 1.32 bits per heavy atom. The lowest BCUT2D eigenvalue weighted by Gasteiger charge is -2.30. The average molecular weight is 257 g/mol. The van der Waals surface area contributed by atoms with Crippen LogP contribution in [-0.4, -0.2) is 28.4 Å². The fourth-order valence-electron chi connectivity index (χ4n) is 2.66. The summed E-state index contributed by atoms with van der Waals surface area (Å²) in [6.07, 6.45) is 1.82. The summed E-state index contributed by atoms with van der Waals surface area (Å²) in [5, 5.41) is 11.3. The van der Waals surface area contributed by atoms with Crippen LogP contribution in [0.3, 0.4) is 0 Å². The lowest BCUT2D eigenvalue weighted by molar-refractivity contribution is 0.559. The minimum absolute atomic E-state index is 0.839. The minimum atomic E-state index is 0.839. The maximum absolute atomic E-state index is 4.17. The van der Waals surface area contributed by atoms with E-state index >= 15 is 0 Å². The second kappa shape index (κ2) is 5.01. The molecule has 2 aromatic rings. The molecular weight excluding hydrogens is 238 g/mol. The molecule has 0 saturated heterocycles. The lowest BCUT2D eigenvalue weighted by atomic mass is 10.1. The van der Waals surface area contributed by atoms with Crippen molar-refractivity contribution in [3.63, 3.8) is 0 Å². The molecule has 0 saturated carbocycles. The van der Waals surface area contributed by atoms with E-state index in [1.54, 1.807) is 0 Å². The van der Waals surface area contributed by atoms with E-state index in [0.29, 0.717) is 0 Å². The zero-order valence-electron chi connectivity index (χ0n) is 11.4. The number of aryl methyl sites for hydroxylation is 1. The zero-order chi connectivity index (χ0) is 13.2. The largest absolute Gasteiger partial charge is 0.362 e. The molecule has 5 heteroatoms. The minimum Gasteiger partial charge on any atom is -0.362 e. The second-order valence-electron chi connectivity index (χ2n) is 5.01. The van der Waals surface area contributed by atoms with Crippen molar-refractivity contribution in [2.24, 2.45) is 0 Å². The van der Waals surface area contributed by atoms with Crippen molar-refractivity contribution in [3.05, 3.63) is 41.5 Å². The van der Waals surface area contributed by atoms with Crippen molar-refractivity contribution in [2.45, 2.75) is 26.6 Å². The Balaban J connectivity index is 1.83. The van der Waals surface area contributed by atoms with Gasteiger partial charge in [0.1, 0.15) is 6.33 Å². The number of nitrogens with zero attached hydrogens (tertiary/aromatic N) is 4. The van der Waals surface area contributed by atoms with Gasteiger partial charge in [-0.2, -0.15) is 0 Å². The third-order valence-corrected chi connectivity index (χ3v) is 3.62. The molecule has 0 radical (unpaired) electrons. The van der Waals surface area contributed by atoms with Crippen molar-refractivity contribution < 1.29 is 0 Å². The van der Waals surface area contributed by atoms with Gasteiger partial charge < -0.3 is 14.8 Å². The van der Waals surface area contributed by atoms with Crippen molar-refractivity contribution in [1.82, 2.24) is 20.1 Å². The number of nitrogens with one attached hydrogen (secondary N) is 1. The van der Waals surface area contributed by atoms with Gasteiger partial charge in [-0.25, -0.2) is 0 Å². The Labute approximate surface area is 113 Å². The van der Waals surface area contributed by atoms with E-state index in [1.807, 2.05) is 13.4 Å². The zero-order valence-corrected chi connectivity index (χ0v) is 11.4. The number of fused-ring (bicyclic) bond motifs is 1. The van der Waals surface area contributed by atoms with Gasteiger partial charge in [-0.1, -0.05) is 12.1 Å². The molecule has 1 aromatic heterocycles. The molecule has 0 unspecified atom stereocenters. The molecule has 0 fully saturated rings. The highest BCUT2D eigenvalue weighted by atomic mass is 15.3. The first-order chi connectivity index (χ1) is 9.28. The van der Waals surface area contributed by atoms with Gasteiger partial charge in [-0.15, -0.1) is 10.2 Å². The highest BCUT2D eigenvalue weighted by Gasteiger charge is 2.18. The normalized spacial score (nSPS) is 14.5. The number of hydrogen-bond acceptors (Lipinski definition) is 4. The monoisotopic (exact) mass is 257 g/mol. The lowest BCUT2D eigenvalue weighted by Crippen LogP contribution is -2.34. The van der Waals surface area contributed by atoms with Gasteiger partial charge in [-0.05, 0) is 31.2 Å². The average Bonchev–Trinajstić information content (AvgIpc) is 2.86. The molecule has 1 N–H and O–H groups in total. The van der Waals surface area contributed by atoms with Crippen LogP contribution in [0.15, 0.2) is 24.5 Å². The topological polar surface area (TPSA) is 46.0 Å². The molecule has 0 amide bonds. The Morgan fingerprint density at radius 3 is 3.00 bits per heavy atom. The summed E-state index contributed by atoms with van der Waals surface area (Å²) >= 11 is 0. The van der Waals surface area contributed by atoms with Crippen molar-refractivity contribution in [3.8, 4) is 0 Å². The summed E-state index contributed by atoms with van der Waals surface area (Å²) in [5.74, 6) is 1.05. The molecule has 0 aliphatic carbocycles. The fraction of sp³-hybridized carbons (Fsp3) is 0.429. The number of hydrogen-bond donors (Lipinski definition) is 1. The molecule has 0 spiro atoms. The smallest absolute Gasteiger partial charge is 0.152 e. The molecule has 1 aliphatic heterocycles. The highest BCUT2D eigenvalue weighted by molar-refractivity contribution is 5.54. The van der Waals surface area contributed by atoms with Crippen LogP contribution in [0.2, 0.25) is 0 Å². The first-order valence-corrected chi connectivity index (χ1v) is 6.63. The summed E-state index contributed by atoms with van der Waals surface area (Å²) in [6, 6.07) is 6.66. The Morgan fingerprint density at radius 2 is 2.21 bits per heavy atom. The van der Waals surface area contributed by atoms with E-state index in [1.165, 1.54) is 16.8 Å². The Kier molecular flexibility index (Phi) is 3.21. The van der Waals surface area contributed by atoms with Gasteiger partial charge in [0.2, 0.25) is 0 Å². The van der Waals surface area contributed by atoms with E-state index in [2.05, 4.69) is 50.1 Å². The fourth-order valence-corrected chi connectivity index (χ4v) is 2.66. The van der Waals surface area contributed by atoms with Crippen LogP contribution in [0.5, 0.6) is 0 Å². The van der Waals surface area contributed by atoms with Crippen LogP contribution >= 0.6 is 0 Å². The first kappa shape index (κ1) is 12.2. The van der Waals surface area contributed by atoms with Gasteiger partial charge in [0.25, 0.3) is 0 Å². The molecule has 0 bridgehead atoms. The predicted molar refractivity (Wildman–Crippen MR) is 75.0 cm³/mol. The number of benzene rings is 1. The molecular formula is C14H19N5. The molecule has 100 valence electrons.